The maximum absolute atomic E-state index is 12.3. The minimum atomic E-state index is 0. The van der Waals surface area contributed by atoms with Crippen LogP contribution in [0.15, 0.2) is 0 Å². The van der Waals surface area contributed by atoms with E-state index in [4.69, 9.17) is 0 Å². The van der Waals surface area contributed by atoms with Gasteiger partial charge in [-0.15, -0.1) is 12.4 Å². The molecular weight excluding hydrogens is 274 g/mol. The van der Waals surface area contributed by atoms with Crippen molar-refractivity contribution >= 4 is 18.3 Å². The summed E-state index contributed by atoms with van der Waals surface area (Å²) in [6.45, 7) is 8.26. The summed E-state index contributed by atoms with van der Waals surface area (Å²) < 4.78 is 0. The zero-order chi connectivity index (χ0) is 13.2. The Labute approximate surface area is 128 Å². The van der Waals surface area contributed by atoms with Crippen LogP contribution < -0.4 is 5.32 Å². The number of hydrogen-bond acceptors (Lipinski definition) is 3. The summed E-state index contributed by atoms with van der Waals surface area (Å²) in [5, 5.41) is 3.58. The van der Waals surface area contributed by atoms with Crippen molar-refractivity contribution in [1.29, 1.82) is 0 Å². The lowest BCUT2D eigenvalue weighted by Crippen LogP contribution is -2.49. The molecule has 0 radical (unpaired) electrons. The van der Waals surface area contributed by atoms with Gasteiger partial charge in [0.25, 0.3) is 0 Å². The third-order valence-electron chi connectivity index (χ3n) is 5.23. The van der Waals surface area contributed by atoms with Gasteiger partial charge in [-0.3, -0.25) is 9.69 Å². The Balaban J connectivity index is 0.00000147. The molecule has 0 bridgehead atoms. The monoisotopic (exact) mass is 301 g/mol. The predicted octanol–water partition coefficient (Wildman–Crippen LogP) is 1.35. The third-order valence-corrected chi connectivity index (χ3v) is 5.23. The van der Waals surface area contributed by atoms with Crippen LogP contribution in [0.1, 0.15) is 32.6 Å². The number of carbonyl (C=O) groups is 1. The molecule has 1 N–H and O–H groups in total. The number of hydrogen-bond donors (Lipinski definition) is 1. The molecule has 1 amide bonds. The number of rotatable bonds is 2. The molecule has 4 nitrogen and oxygen atoms in total. The molecule has 0 saturated carbocycles. The number of nitrogens with zero attached hydrogens (tertiary/aromatic N) is 2. The topological polar surface area (TPSA) is 35.6 Å². The van der Waals surface area contributed by atoms with Gasteiger partial charge < -0.3 is 10.2 Å². The number of fused-ring (bicyclic) bond motifs is 1. The van der Waals surface area contributed by atoms with Gasteiger partial charge in [-0.1, -0.05) is 6.92 Å². The van der Waals surface area contributed by atoms with Gasteiger partial charge in [0.2, 0.25) is 5.91 Å². The van der Waals surface area contributed by atoms with Gasteiger partial charge in [0.1, 0.15) is 0 Å². The summed E-state index contributed by atoms with van der Waals surface area (Å²) in [6, 6.07) is 0.724. The van der Waals surface area contributed by atoms with E-state index in [1.54, 1.807) is 0 Å². The Hall–Kier alpha value is -0.320. The zero-order valence-corrected chi connectivity index (χ0v) is 13.3. The molecule has 3 aliphatic rings. The van der Waals surface area contributed by atoms with E-state index in [2.05, 4.69) is 22.0 Å². The fourth-order valence-corrected chi connectivity index (χ4v) is 3.82. The van der Waals surface area contributed by atoms with Gasteiger partial charge in [-0.2, -0.15) is 0 Å². The van der Waals surface area contributed by atoms with Gasteiger partial charge in [0, 0.05) is 32.2 Å². The molecule has 3 aliphatic heterocycles. The molecule has 0 aromatic rings. The lowest BCUT2D eigenvalue weighted by atomic mass is 9.93. The Morgan fingerprint density at radius 3 is 2.65 bits per heavy atom. The van der Waals surface area contributed by atoms with Crippen LogP contribution >= 0.6 is 12.4 Å². The molecule has 2 atom stereocenters. The molecule has 3 heterocycles. The first-order chi connectivity index (χ1) is 9.22. The minimum Gasteiger partial charge on any atom is -0.342 e. The highest BCUT2D eigenvalue weighted by atomic mass is 35.5. The van der Waals surface area contributed by atoms with Crippen LogP contribution in [-0.4, -0.2) is 61.0 Å². The number of nitrogens with one attached hydrogen (secondary N) is 1. The number of halogens is 1. The maximum Gasteiger partial charge on any atom is 0.236 e. The van der Waals surface area contributed by atoms with Crippen LogP contribution in [0.3, 0.4) is 0 Å². The second-order valence-electron chi connectivity index (χ2n) is 6.70. The maximum atomic E-state index is 12.3. The average Bonchev–Trinajstić information content (AvgIpc) is 2.87. The predicted molar refractivity (Wildman–Crippen MR) is 83.2 cm³/mol. The SMILES string of the molecule is CC1CCN(C(=O)CN2CCC3NCCC3C2)CC1.Cl. The highest BCUT2D eigenvalue weighted by molar-refractivity contribution is 5.85. The summed E-state index contributed by atoms with van der Waals surface area (Å²) in [5.41, 5.74) is 0. The van der Waals surface area contributed by atoms with Gasteiger partial charge in [-0.05, 0) is 44.1 Å². The molecular formula is C15H28ClN3O. The van der Waals surface area contributed by atoms with E-state index in [9.17, 15) is 4.79 Å². The normalized spacial score (nSPS) is 31.8. The summed E-state index contributed by atoms with van der Waals surface area (Å²) in [4.78, 5) is 16.8. The average molecular weight is 302 g/mol. The molecule has 3 rings (SSSR count). The van der Waals surface area contributed by atoms with Crippen molar-refractivity contribution in [3.8, 4) is 0 Å². The second-order valence-corrected chi connectivity index (χ2v) is 6.70. The van der Waals surface area contributed by atoms with Crippen LogP contribution in [0.25, 0.3) is 0 Å². The highest BCUT2D eigenvalue weighted by Gasteiger charge is 2.33. The van der Waals surface area contributed by atoms with Crippen molar-refractivity contribution in [2.45, 2.75) is 38.6 Å². The quantitative estimate of drug-likeness (QED) is 0.836. The molecule has 3 fully saturated rings. The van der Waals surface area contributed by atoms with E-state index in [-0.39, 0.29) is 12.4 Å². The molecule has 0 aromatic carbocycles. The lowest BCUT2D eigenvalue weighted by Gasteiger charge is -2.36. The second kappa shape index (κ2) is 7.10. The fraction of sp³-hybridized carbons (Fsp3) is 0.933. The summed E-state index contributed by atoms with van der Waals surface area (Å²) >= 11 is 0. The zero-order valence-electron chi connectivity index (χ0n) is 12.5. The first-order valence-corrected chi connectivity index (χ1v) is 7.96. The van der Waals surface area contributed by atoms with Crippen LogP contribution in [0.2, 0.25) is 0 Å². The highest BCUT2D eigenvalue weighted by Crippen LogP contribution is 2.24. The van der Waals surface area contributed by atoms with Crippen molar-refractivity contribution in [2.75, 3.05) is 39.3 Å². The molecule has 116 valence electrons. The first-order valence-electron chi connectivity index (χ1n) is 7.96. The van der Waals surface area contributed by atoms with Crippen molar-refractivity contribution in [3.05, 3.63) is 0 Å². The number of carbonyl (C=O) groups excluding carboxylic acids is 1. The number of amides is 1. The molecule has 3 saturated heterocycles. The van der Waals surface area contributed by atoms with E-state index < -0.39 is 0 Å². The van der Waals surface area contributed by atoms with Gasteiger partial charge in [-0.25, -0.2) is 0 Å². The van der Waals surface area contributed by atoms with Crippen molar-refractivity contribution in [2.24, 2.45) is 11.8 Å². The van der Waals surface area contributed by atoms with Gasteiger partial charge in [0.15, 0.2) is 0 Å². The van der Waals surface area contributed by atoms with E-state index >= 15 is 0 Å². The Kier molecular flexibility index (Phi) is 5.70. The largest absolute Gasteiger partial charge is 0.342 e. The van der Waals surface area contributed by atoms with Crippen LogP contribution in [0, 0.1) is 11.8 Å². The Bertz CT molecular complexity index is 331. The smallest absolute Gasteiger partial charge is 0.236 e. The van der Waals surface area contributed by atoms with Crippen LogP contribution in [-0.2, 0) is 4.79 Å². The standard InChI is InChI=1S/C15H27N3O.ClH/c1-12-3-8-18(9-4-12)15(19)11-17-7-5-14-13(10-17)2-6-16-14;/h12-14,16H,2-11H2,1H3;1H. The summed E-state index contributed by atoms with van der Waals surface area (Å²) in [5.74, 6) is 1.93. The fourth-order valence-electron chi connectivity index (χ4n) is 3.82. The van der Waals surface area contributed by atoms with E-state index in [1.807, 2.05) is 0 Å². The molecule has 0 aromatic heterocycles. The molecule has 0 aliphatic carbocycles. The van der Waals surface area contributed by atoms with Crippen molar-refractivity contribution in [1.82, 2.24) is 15.1 Å². The van der Waals surface area contributed by atoms with Gasteiger partial charge >= 0.3 is 0 Å². The molecule has 0 spiro atoms. The molecule has 20 heavy (non-hydrogen) atoms. The van der Waals surface area contributed by atoms with Crippen molar-refractivity contribution in [3.63, 3.8) is 0 Å². The van der Waals surface area contributed by atoms with Gasteiger partial charge in [0.05, 0.1) is 6.54 Å². The first kappa shape index (κ1) is 16.1. The lowest BCUT2D eigenvalue weighted by molar-refractivity contribution is -0.134. The van der Waals surface area contributed by atoms with E-state index in [0.29, 0.717) is 12.5 Å². The summed E-state index contributed by atoms with van der Waals surface area (Å²) in [6.07, 6.45) is 4.87. The molecule has 5 heteroatoms. The molecule has 2 unspecified atom stereocenters. The van der Waals surface area contributed by atoms with Crippen molar-refractivity contribution < 1.29 is 4.79 Å². The number of piperidine rings is 2. The third kappa shape index (κ3) is 3.66. The van der Waals surface area contributed by atoms with Crippen LogP contribution in [0.5, 0.6) is 0 Å². The Morgan fingerprint density at radius 1 is 1.15 bits per heavy atom. The van der Waals surface area contributed by atoms with Crippen LogP contribution in [0.4, 0.5) is 0 Å². The van der Waals surface area contributed by atoms with E-state index in [0.717, 1.165) is 44.1 Å². The summed E-state index contributed by atoms with van der Waals surface area (Å²) in [7, 11) is 0. The number of likely N-dealkylation sites (tertiary alicyclic amines) is 2. The minimum absolute atomic E-state index is 0. The Morgan fingerprint density at radius 2 is 1.90 bits per heavy atom. The van der Waals surface area contributed by atoms with E-state index in [1.165, 1.54) is 32.2 Å².